The summed E-state index contributed by atoms with van der Waals surface area (Å²) in [6.07, 6.45) is 0. The first-order chi connectivity index (χ1) is 7.09. The second-order valence-electron chi connectivity index (χ2n) is 4.14. The standard InChI is InChI=1S/C13H16N2/c1-9-5-8-12(15(3)4)13-11(9)7-6-10(2)14-13/h5-8H,1-4H3. The summed E-state index contributed by atoms with van der Waals surface area (Å²) in [5.41, 5.74) is 4.62. The second kappa shape index (κ2) is 3.54. The summed E-state index contributed by atoms with van der Waals surface area (Å²) in [7, 11) is 4.10. The average molecular weight is 200 g/mol. The molecule has 0 aliphatic carbocycles. The van der Waals surface area contributed by atoms with E-state index < -0.39 is 0 Å². The van der Waals surface area contributed by atoms with Gasteiger partial charge in [-0.2, -0.15) is 0 Å². The van der Waals surface area contributed by atoms with Crippen molar-refractivity contribution in [3.05, 3.63) is 35.5 Å². The molecule has 2 aromatic rings. The second-order valence-corrected chi connectivity index (χ2v) is 4.14. The molecule has 0 radical (unpaired) electrons. The quantitative estimate of drug-likeness (QED) is 0.703. The molecule has 1 aromatic carbocycles. The van der Waals surface area contributed by atoms with Crippen LogP contribution in [0.15, 0.2) is 24.3 Å². The molecule has 0 bridgehead atoms. The largest absolute Gasteiger partial charge is 0.376 e. The Kier molecular flexibility index (Phi) is 2.35. The first-order valence-electron chi connectivity index (χ1n) is 5.14. The number of pyridine rings is 1. The van der Waals surface area contributed by atoms with E-state index in [0.717, 1.165) is 11.2 Å². The number of benzene rings is 1. The van der Waals surface area contributed by atoms with Gasteiger partial charge in [0.05, 0.1) is 11.2 Å². The molecule has 0 amide bonds. The molecule has 78 valence electrons. The van der Waals surface area contributed by atoms with Gasteiger partial charge in [0, 0.05) is 25.2 Å². The zero-order valence-electron chi connectivity index (χ0n) is 9.70. The first-order valence-corrected chi connectivity index (χ1v) is 5.14. The molecule has 0 unspecified atom stereocenters. The number of aromatic nitrogens is 1. The smallest absolute Gasteiger partial charge is 0.0940 e. The third-order valence-corrected chi connectivity index (χ3v) is 2.67. The fraction of sp³-hybridized carbons (Fsp3) is 0.308. The van der Waals surface area contributed by atoms with Crippen molar-refractivity contribution in [2.24, 2.45) is 0 Å². The summed E-state index contributed by atoms with van der Waals surface area (Å²) in [5.74, 6) is 0. The van der Waals surface area contributed by atoms with E-state index in [1.54, 1.807) is 0 Å². The Morgan fingerprint density at radius 3 is 2.40 bits per heavy atom. The fourth-order valence-electron chi connectivity index (χ4n) is 1.80. The summed E-state index contributed by atoms with van der Waals surface area (Å²) >= 11 is 0. The van der Waals surface area contributed by atoms with Crippen molar-refractivity contribution in [2.45, 2.75) is 13.8 Å². The van der Waals surface area contributed by atoms with Gasteiger partial charge < -0.3 is 4.90 Å². The van der Waals surface area contributed by atoms with Gasteiger partial charge in [-0.1, -0.05) is 12.1 Å². The summed E-state index contributed by atoms with van der Waals surface area (Å²) in [6.45, 7) is 4.15. The maximum absolute atomic E-state index is 4.62. The molecule has 0 fully saturated rings. The molecule has 0 aliphatic rings. The number of hydrogen-bond acceptors (Lipinski definition) is 2. The molecular formula is C13H16N2. The van der Waals surface area contributed by atoms with Crippen molar-refractivity contribution < 1.29 is 0 Å². The number of aryl methyl sites for hydroxylation is 2. The predicted molar refractivity (Wildman–Crippen MR) is 65.5 cm³/mol. The van der Waals surface area contributed by atoms with E-state index in [9.17, 15) is 0 Å². The van der Waals surface area contributed by atoms with Crippen LogP contribution in [-0.2, 0) is 0 Å². The lowest BCUT2D eigenvalue weighted by Crippen LogP contribution is -2.09. The van der Waals surface area contributed by atoms with Crippen molar-refractivity contribution in [2.75, 3.05) is 19.0 Å². The molecule has 1 aromatic heterocycles. The van der Waals surface area contributed by atoms with Gasteiger partial charge in [-0.3, -0.25) is 4.98 Å². The normalized spacial score (nSPS) is 10.7. The summed E-state index contributed by atoms with van der Waals surface area (Å²) < 4.78 is 0. The van der Waals surface area contributed by atoms with Crippen molar-refractivity contribution in [3.8, 4) is 0 Å². The van der Waals surface area contributed by atoms with Crippen LogP contribution in [0.1, 0.15) is 11.3 Å². The average Bonchev–Trinajstić information content (AvgIpc) is 2.17. The van der Waals surface area contributed by atoms with E-state index in [-0.39, 0.29) is 0 Å². The first kappa shape index (κ1) is 9.97. The van der Waals surface area contributed by atoms with Crippen LogP contribution in [0.5, 0.6) is 0 Å². The Labute approximate surface area is 90.6 Å². The molecule has 0 atom stereocenters. The molecule has 2 rings (SSSR count). The molecule has 0 spiro atoms. The minimum atomic E-state index is 1.07. The Hall–Kier alpha value is -1.57. The number of rotatable bonds is 1. The molecule has 2 heteroatoms. The summed E-state index contributed by atoms with van der Waals surface area (Å²) in [4.78, 5) is 6.72. The monoisotopic (exact) mass is 200 g/mol. The minimum absolute atomic E-state index is 1.07. The van der Waals surface area contributed by atoms with Gasteiger partial charge in [-0.15, -0.1) is 0 Å². The number of fused-ring (bicyclic) bond motifs is 1. The van der Waals surface area contributed by atoms with Gasteiger partial charge in [0.1, 0.15) is 0 Å². The maximum Gasteiger partial charge on any atom is 0.0940 e. The molecular weight excluding hydrogens is 184 g/mol. The highest BCUT2D eigenvalue weighted by molar-refractivity contribution is 5.93. The van der Waals surface area contributed by atoms with Crippen LogP contribution >= 0.6 is 0 Å². The van der Waals surface area contributed by atoms with Crippen molar-refractivity contribution in [3.63, 3.8) is 0 Å². The van der Waals surface area contributed by atoms with Crippen LogP contribution in [0.25, 0.3) is 10.9 Å². The fourth-order valence-corrected chi connectivity index (χ4v) is 1.80. The van der Waals surface area contributed by atoms with E-state index >= 15 is 0 Å². The zero-order valence-corrected chi connectivity index (χ0v) is 9.70. The predicted octanol–water partition coefficient (Wildman–Crippen LogP) is 2.92. The Morgan fingerprint density at radius 1 is 1.00 bits per heavy atom. The van der Waals surface area contributed by atoms with Crippen LogP contribution in [0.3, 0.4) is 0 Å². The van der Waals surface area contributed by atoms with Crippen LogP contribution in [0.2, 0.25) is 0 Å². The molecule has 1 heterocycles. The van der Waals surface area contributed by atoms with Gasteiger partial charge in [0.25, 0.3) is 0 Å². The minimum Gasteiger partial charge on any atom is -0.376 e. The van der Waals surface area contributed by atoms with Crippen molar-refractivity contribution in [1.29, 1.82) is 0 Å². The lowest BCUT2D eigenvalue weighted by atomic mass is 10.1. The highest BCUT2D eigenvalue weighted by atomic mass is 15.1. The molecule has 15 heavy (non-hydrogen) atoms. The summed E-state index contributed by atoms with van der Waals surface area (Å²) in [6, 6.07) is 8.49. The van der Waals surface area contributed by atoms with E-state index in [1.807, 2.05) is 21.0 Å². The van der Waals surface area contributed by atoms with Crippen LogP contribution in [-0.4, -0.2) is 19.1 Å². The van der Waals surface area contributed by atoms with Gasteiger partial charge in [-0.05, 0) is 31.5 Å². The topological polar surface area (TPSA) is 16.1 Å². The lowest BCUT2D eigenvalue weighted by Gasteiger charge is -2.16. The van der Waals surface area contributed by atoms with Crippen LogP contribution in [0, 0.1) is 13.8 Å². The Balaban J connectivity index is 2.84. The van der Waals surface area contributed by atoms with E-state index in [4.69, 9.17) is 0 Å². The van der Waals surface area contributed by atoms with E-state index in [0.29, 0.717) is 0 Å². The number of hydrogen-bond donors (Lipinski definition) is 0. The van der Waals surface area contributed by atoms with Crippen molar-refractivity contribution >= 4 is 16.6 Å². The third kappa shape index (κ3) is 1.67. The molecule has 0 N–H and O–H groups in total. The van der Waals surface area contributed by atoms with E-state index in [1.165, 1.54) is 16.6 Å². The molecule has 0 saturated carbocycles. The van der Waals surface area contributed by atoms with Gasteiger partial charge in [-0.25, -0.2) is 0 Å². The lowest BCUT2D eigenvalue weighted by molar-refractivity contribution is 1.13. The highest BCUT2D eigenvalue weighted by Crippen LogP contribution is 2.26. The number of anilines is 1. The van der Waals surface area contributed by atoms with Crippen LogP contribution in [0.4, 0.5) is 5.69 Å². The molecule has 0 saturated heterocycles. The molecule has 0 aliphatic heterocycles. The van der Waals surface area contributed by atoms with E-state index in [2.05, 4.69) is 41.1 Å². The van der Waals surface area contributed by atoms with Crippen molar-refractivity contribution in [1.82, 2.24) is 4.98 Å². The maximum atomic E-state index is 4.62. The molecule has 2 nitrogen and oxygen atoms in total. The van der Waals surface area contributed by atoms with Crippen LogP contribution < -0.4 is 4.90 Å². The summed E-state index contributed by atoms with van der Waals surface area (Å²) in [5, 5.41) is 1.24. The number of nitrogens with zero attached hydrogens (tertiary/aromatic N) is 2. The third-order valence-electron chi connectivity index (χ3n) is 2.67. The SMILES string of the molecule is Cc1ccc2c(C)ccc(N(C)C)c2n1. The van der Waals surface area contributed by atoms with Gasteiger partial charge >= 0.3 is 0 Å². The zero-order chi connectivity index (χ0) is 11.0. The Morgan fingerprint density at radius 2 is 1.73 bits per heavy atom. The van der Waals surface area contributed by atoms with Gasteiger partial charge in [0.2, 0.25) is 0 Å². The van der Waals surface area contributed by atoms with Gasteiger partial charge in [0.15, 0.2) is 0 Å². The Bertz CT molecular complexity index is 501. The highest BCUT2D eigenvalue weighted by Gasteiger charge is 2.06.